The van der Waals surface area contributed by atoms with Crippen molar-refractivity contribution in [3.05, 3.63) is 95.2 Å². The minimum Gasteiger partial charge on any atom is -0.497 e. The Bertz CT molecular complexity index is 1740. The Morgan fingerprint density at radius 1 is 1.02 bits per heavy atom. The molecule has 10 nitrogen and oxygen atoms in total. The number of H-pyrrole nitrogens is 1. The number of hydrogen-bond acceptors (Lipinski definition) is 5. The Morgan fingerprint density at radius 2 is 1.72 bits per heavy atom. The highest BCUT2D eigenvalue weighted by Gasteiger charge is 2.53. The molecule has 220 valence electrons. The van der Waals surface area contributed by atoms with E-state index in [2.05, 4.69) is 10.3 Å². The first-order chi connectivity index (χ1) is 20.7. The van der Waals surface area contributed by atoms with Crippen LogP contribution in [0.2, 0.25) is 0 Å². The third-order valence-electron chi connectivity index (χ3n) is 8.18. The van der Waals surface area contributed by atoms with Crippen molar-refractivity contribution < 1.29 is 29.0 Å². The number of fused-ring (bicyclic) bond motifs is 4. The fourth-order valence-corrected chi connectivity index (χ4v) is 6.22. The first-order valence-electron chi connectivity index (χ1n) is 14.2. The zero-order valence-electron chi connectivity index (χ0n) is 24.0. The smallest absolute Gasteiger partial charge is 0.332 e. The molecule has 1 fully saturated rings. The number of urea groups is 1. The van der Waals surface area contributed by atoms with Crippen molar-refractivity contribution in [2.24, 2.45) is 5.92 Å². The minimum absolute atomic E-state index is 0.0254. The standard InChI is InChI=1S/C33H32N4O6/c1-18(2)16-25(32(40)41)35-30(38)22-9-5-7-11-26(22)37-31(39)27-17-23-21-8-4-6-10-24(21)34-28(23)29(36(27)33(37)42)19-12-14-20(43-3)15-13-19/h4-15,18,25,27,29,34H,16-17H2,1-3H3,(H,35,38)(H,40,41). The van der Waals surface area contributed by atoms with Gasteiger partial charge in [0.1, 0.15) is 23.9 Å². The molecular weight excluding hydrogens is 548 g/mol. The number of nitrogens with zero attached hydrogens (tertiary/aromatic N) is 2. The molecule has 43 heavy (non-hydrogen) atoms. The van der Waals surface area contributed by atoms with Gasteiger partial charge < -0.3 is 20.1 Å². The molecule has 3 aromatic carbocycles. The number of carbonyl (C=O) groups excluding carboxylic acids is 3. The van der Waals surface area contributed by atoms with Crippen LogP contribution in [0.5, 0.6) is 5.75 Å². The Kier molecular flexibility index (Phi) is 7.13. The van der Waals surface area contributed by atoms with E-state index in [1.165, 1.54) is 6.07 Å². The predicted molar refractivity (Wildman–Crippen MR) is 160 cm³/mol. The quantitative estimate of drug-likeness (QED) is 0.254. The van der Waals surface area contributed by atoms with E-state index in [0.717, 1.165) is 32.6 Å². The van der Waals surface area contributed by atoms with Crippen molar-refractivity contribution in [2.45, 2.75) is 44.8 Å². The number of carbonyl (C=O) groups is 4. The molecule has 0 saturated carbocycles. The molecule has 2 aliphatic heterocycles. The average Bonchev–Trinajstić information content (AvgIpc) is 3.49. The second kappa shape index (κ2) is 10.9. The predicted octanol–water partition coefficient (Wildman–Crippen LogP) is 4.89. The van der Waals surface area contributed by atoms with Gasteiger partial charge >= 0.3 is 12.0 Å². The summed E-state index contributed by atoms with van der Waals surface area (Å²) in [7, 11) is 1.58. The number of benzene rings is 3. The normalized spacial score (nSPS) is 18.5. The highest BCUT2D eigenvalue weighted by Crippen LogP contribution is 2.45. The van der Waals surface area contributed by atoms with Gasteiger partial charge in [-0.25, -0.2) is 14.5 Å². The minimum atomic E-state index is -1.15. The SMILES string of the molecule is COc1ccc(C2c3[nH]c4ccccc4c3CC3C(=O)N(c4ccccc4C(=O)NC(CC(C)C)C(=O)O)C(=O)N32)cc1. The topological polar surface area (TPSA) is 132 Å². The van der Waals surface area contributed by atoms with Gasteiger partial charge in [0, 0.05) is 23.0 Å². The Labute approximate surface area is 248 Å². The van der Waals surface area contributed by atoms with E-state index >= 15 is 0 Å². The molecule has 10 heteroatoms. The van der Waals surface area contributed by atoms with E-state index in [4.69, 9.17) is 4.74 Å². The number of rotatable bonds is 8. The maximum absolute atomic E-state index is 14.3. The fraction of sp³-hybridized carbons (Fsp3) is 0.273. The molecule has 3 unspecified atom stereocenters. The Balaban J connectivity index is 1.42. The summed E-state index contributed by atoms with van der Waals surface area (Å²) >= 11 is 0. The number of aliphatic carboxylic acids is 1. The zero-order valence-corrected chi connectivity index (χ0v) is 24.0. The molecule has 0 radical (unpaired) electrons. The monoisotopic (exact) mass is 580 g/mol. The number of anilines is 1. The van der Waals surface area contributed by atoms with Crippen molar-refractivity contribution in [2.75, 3.05) is 12.0 Å². The zero-order chi connectivity index (χ0) is 30.4. The Hall–Kier alpha value is -5.12. The first kappa shape index (κ1) is 28.0. The summed E-state index contributed by atoms with van der Waals surface area (Å²) < 4.78 is 5.35. The van der Waals surface area contributed by atoms with Crippen LogP contribution < -0.4 is 15.0 Å². The van der Waals surface area contributed by atoms with Crippen molar-refractivity contribution in [3.8, 4) is 5.75 Å². The molecular formula is C33H32N4O6. The molecule has 1 aromatic heterocycles. The lowest BCUT2D eigenvalue weighted by atomic mass is 9.89. The van der Waals surface area contributed by atoms with Crippen LogP contribution in [0.15, 0.2) is 72.8 Å². The van der Waals surface area contributed by atoms with Crippen LogP contribution in [0.4, 0.5) is 10.5 Å². The summed E-state index contributed by atoms with van der Waals surface area (Å²) in [5.74, 6) is -1.58. The summed E-state index contributed by atoms with van der Waals surface area (Å²) in [6.45, 7) is 3.73. The third kappa shape index (κ3) is 4.78. The Morgan fingerprint density at radius 3 is 2.42 bits per heavy atom. The van der Waals surface area contributed by atoms with Crippen LogP contribution >= 0.6 is 0 Å². The van der Waals surface area contributed by atoms with Crippen molar-refractivity contribution >= 4 is 40.4 Å². The number of amides is 4. The molecule has 3 atom stereocenters. The summed E-state index contributed by atoms with van der Waals surface area (Å²) in [5.41, 5.74) is 3.66. The molecule has 3 heterocycles. The van der Waals surface area contributed by atoms with Crippen LogP contribution in [0.3, 0.4) is 0 Å². The van der Waals surface area contributed by atoms with Gasteiger partial charge in [0.05, 0.1) is 18.4 Å². The number of carboxylic acids is 1. The summed E-state index contributed by atoms with van der Waals surface area (Å²) in [4.78, 5) is 59.9. The number of aromatic amines is 1. The van der Waals surface area contributed by atoms with Crippen LogP contribution in [0.1, 0.15) is 53.5 Å². The van der Waals surface area contributed by atoms with E-state index < -0.39 is 41.9 Å². The number of imide groups is 1. The number of aromatic nitrogens is 1. The maximum atomic E-state index is 14.3. The van der Waals surface area contributed by atoms with Gasteiger partial charge in [0.15, 0.2) is 0 Å². The van der Waals surface area contributed by atoms with Gasteiger partial charge in [-0.15, -0.1) is 0 Å². The number of methoxy groups -OCH3 is 1. The summed E-state index contributed by atoms with van der Waals surface area (Å²) in [5, 5.41) is 13.2. The second-order valence-electron chi connectivity index (χ2n) is 11.3. The first-order valence-corrected chi connectivity index (χ1v) is 14.2. The van der Waals surface area contributed by atoms with Gasteiger partial charge in [0.2, 0.25) is 0 Å². The lowest BCUT2D eigenvalue weighted by Crippen LogP contribution is -2.44. The third-order valence-corrected chi connectivity index (χ3v) is 8.18. The van der Waals surface area contributed by atoms with E-state index in [9.17, 15) is 24.3 Å². The van der Waals surface area contributed by atoms with Gasteiger partial charge in [-0.1, -0.05) is 56.3 Å². The highest BCUT2D eigenvalue weighted by molar-refractivity contribution is 6.24. The van der Waals surface area contributed by atoms with Gasteiger partial charge in [-0.2, -0.15) is 0 Å². The lowest BCUT2D eigenvalue weighted by Gasteiger charge is -2.36. The number of carboxylic acid groups (broad SMARTS) is 1. The molecule has 2 aliphatic rings. The van der Waals surface area contributed by atoms with E-state index in [-0.39, 0.29) is 23.6 Å². The fourth-order valence-electron chi connectivity index (χ4n) is 6.22. The molecule has 1 saturated heterocycles. The van der Waals surface area contributed by atoms with E-state index in [1.54, 1.807) is 30.2 Å². The molecule has 4 aromatic rings. The van der Waals surface area contributed by atoms with E-state index in [0.29, 0.717) is 12.2 Å². The summed E-state index contributed by atoms with van der Waals surface area (Å²) in [6, 6.07) is 18.4. The molecule has 0 spiro atoms. The number of nitrogens with one attached hydrogen (secondary N) is 2. The van der Waals surface area contributed by atoms with Crippen LogP contribution in [0.25, 0.3) is 10.9 Å². The van der Waals surface area contributed by atoms with Gasteiger partial charge in [-0.05, 0) is 53.8 Å². The van der Waals surface area contributed by atoms with Gasteiger partial charge in [0.25, 0.3) is 11.8 Å². The number of ether oxygens (including phenoxy) is 1. The molecule has 6 rings (SSSR count). The lowest BCUT2D eigenvalue weighted by molar-refractivity contribution is -0.139. The average molecular weight is 581 g/mol. The largest absolute Gasteiger partial charge is 0.497 e. The van der Waals surface area contributed by atoms with Crippen LogP contribution in [0, 0.1) is 5.92 Å². The summed E-state index contributed by atoms with van der Waals surface area (Å²) in [6.07, 6.45) is 0.535. The number of hydrogen-bond donors (Lipinski definition) is 3. The number of para-hydroxylation sites is 2. The highest BCUT2D eigenvalue weighted by atomic mass is 16.5. The van der Waals surface area contributed by atoms with E-state index in [1.807, 2.05) is 62.4 Å². The van der Waals surface area contributed by atoms with Crippen LogP contribution in [-0.4, -0.2) is 58.0 Å². The van der Waals surface area contributed by atoms with Crippen molar-refractivity contribution in [1.82, 2.24) is 15.2 Å². The second-order valence-corrected chi connectivity index (χ2v) is 11.3. The molecule has 0 aliphatic carbocycles. The van der Waals surface area contributed by atoms with Crippen molar-refractivity contribution in [3.63, 3.8) is 0 Å². The molecule has 0 bridgehead atoms. The molecule has 3 N–H and O–H groups in total. The van der Waals surface area contributed by atoms with Gasteiger partial charge in [-0.3, -0.25) is 14.5 Å². The van der Waals surface area contributed by atoms with Crippen molar-refractivity contribution in [1.29, 1.82) is 0 Å². The maximum Gasteiger partial charge on any atom is 0.332 e. The van der Waals surface area contributed by atoms with Crippen LogP contribution in [-0.2, 0) is 16.0 Å². The molecule has 4 amide bonds.